The maximum atomic E-state index is 13.8. The average molecular weight is 567 g/mol. The van der Waals surface area contributed by atoms with Gasteiger partial charge in [-0.25, -0.2) is 9.59 Å². The molecule has 0 saturated heterocycles. The Balaban J connectivity index is 1.87. The monoisotopic (exact) mass is 566 g/mol. The first-order chi connectivity index (χ1) is 19.2. The molecule has 2 aromatic carbocycles. The second kappa shape index (κ2) is 11.7. The zero-order valence-corrected chi connectivity index (χ0v) is 23.8. The summed E-state index contributed by atoms with van der Waals surface area (Å²) >= 11 is 1.18. The lowest BCUT2D eigenvalue weighted by atomic mass is 9.81. The third-order valence-electron chi connectivity index (χ3n) is 6.56. The molecule has 0 radical (unpaired) electrons. The summed E-state index contributed by atoms with van der Waals surface area (Å²) in [5, 5.41) is 3.87. The highest BCUT2D eigenvalue weighted by Gasteiger charge is 2.38. The number of benzene rings is 2. The van der Waals surface area contributed by atoms with Gasteiger partial charge >= 0.3 is 11.9 Å². The van der Waals surface area contributed by atoms with Gasteiger partial charge < -0.3 is 34.7 Å². The average Bonchev–Trinajstić information content (AvgIpc) is 3.30. The fourth-order valence-electron chi connectivity index (χ4n) is 4.69. The third kappa shape index (κ3) is 4.95. The van der Waals surface area contributed by atoms with Gasteiger partial charge in [0.15, 0.2) is 11.5 Å². The fourth-order valence-corrected chi connectivity index (χ4v) is 5.87. The maximum Gasteiger partial charge on any atom is 0.337 e. The number of nitrogens with two attached hydrogens (primary N) is 1. The molecule has 1 unspecified atom stereocenters. The lowest BCUT2D eigenvalue weighted by Crippen LogP contribution is -2.24. The van der Waals surface area contributed by atoms with E-state index in [2.05, 4.69) is 5.32 Å². The highest BCUT2D eigenvalue weighted by atomic mass is 32.1. The number of fused-ring (bicyclic) bond motifs is 1. The van der Waals surface area contributed by atoms with Crippen LogP contribution in [-0.2, 0) is 14.3 Å². The number of anilines is 2. The van der Waals surface area contributed by atoms with Gasteiger partial charge in [-0.2, -0.15) is 0 Å². The van der Waals surface area contributed by atoms with Gasteiger partial charge in [0.25, 0.3) is 0 Å². The molecular formula is C29H30N2O8S. The van der Waals surface area contributed by atoms with Gasteiger partial charge in [-0.1, -0.05) is 12.1 Å². The van der Waals surface area contributed by atoms with Gasteiger partial charge in [-0.05, 0) is 43.7 Å². The van der Waals surface area contributed by atoms with Crippen LogP contribution in [0.5, 0.6) is 17.2 Å². The van der Waals surface area contributed by atoms with Crippen molar-refractivity contribution in [2.75, 3.05) is 46.1 Å². The van der Waals surface area contributed by atoms with E-state index in [1.807, 2.05) is 0 Å². The highest BCUT2D eigenvalue weighted by Crippen LogP contribution is 2.51. The minimum atomic E-state index is -0.653. The van der Waals surface area contributed by atoms with Gasteiger partial charge in [-0.15, -0.1) is 11.3 Å². The predicted molar refractivity (Wildman–Crippen MR) is 151 cm³/mol. The van der Waals surface area contributed by atoms with Crippen molar-refractivity contribution in [3.05, 3.63) is 74.8 Å². The van der Waals surface area contributed by atoms with E-state index in [0.717, 1.165) is 0 Å². The minimum Gasteiger partial charge on any atom is -0.493 e. The Labute approximate surface area is 235 Å². The number of allylic oxidation sites excluding steroid dienone is 1. The number of thiophene rings is 1. The Morgan fingerprint density at radius 3 is 2.08 bits per heavy atom. The van der Waals surface area contributed by atoms with Crippen molar-refractivity contribution in [1.82, 2.24) is 0 Å². The van der Waals surface area contributed by atoms with Gasteiger partial charge in [-0.3, -0.25) is 4.79 Å². The van der Waals surface area contributed by atoms with E-state index in [0.29, 0.717) is 50.2 Å². The number of hydrogen-bond acceptors (Lipinski definition) is 11. The van der Waals surface area contributed by atoms with Crippen molar-refractivity contribution in [1.29, 1.82) is 0 Å². The lowest BCUT2D eigenvalue weighted by molar-refractivity contribution is -0.138. The summed E-state index contributed by atoms with van der Waals surface area (Å²) in [6, 6.07) is 9.82. The molecule has 3 N–H and O–H groups in total. The second-order valence-corrected chi connectivity index (χ2v) is 9.78. The van der Waals surface area contributed by atoms with Crippen LogP contribution in [0.25, 0.3) is 0 Å². The number of methoxy groups -OCH3 is 4. The summed E-state index contributed by atoms with van der Waals surface area (Å²) < 4.78 is 26.4. The van der Waals surface area contributed by atoms with E-state index in [9.17, 15) is 14.4 Å². The number of hydrogen-bond donors (Lipinski definition) is 2. The Bertz CT molecular complexity index is 1480. The van der Waals surface area contributed by atoms with Crippen LogP contribution in [0.1, 0.15) is 56.5 Å². The standard InChI is InChI=1S/C29H30N2O8S/c1-7-39-29(34)20-14(2)31-27-22(21(20)15-8-10-16(11-9-15)28(33)38-6)23(30)26(40-27)24(32)17-12-18(35-3)25(37-5)19(13-17)36-4/h8-13,21,31H,7,30H2,1-6H3. The lowest BCUT2D eigenvalue weighted by Gasteiger charge is -2.28. The summed E-state index contributed by atoms with van der Waals surface area (Å²) in [6.07, 6.45) is 0. The zero-order chi connectivity index (χ0) is 29.1. The first kappa shape index (κ1) is 28.5. The van der Waals surface area contributed by atoms with Crippen LogP contribution >= 0.6 is 11.3 Å². The molecular weight excluding hydrogens is 536 g/mol. The Morgan fingerprint density at radius 1 is 0.925 bits per heavy atom. The Hall–Kier alpha value is -4.51. The molecule has 0 spiro atoms. The molecule has 1 atom stereocenters. The van der Waals surface area contributed by atoms with E-state index >= 15 is 0 Å². The predicted octanol–water partition coefficient (Wildman–Crippen LogP) is 4.77. The topological polar surface area (TPSA) is 135 Å². The molecule has 1 aromatic heterocycles. The van der Waals surface area contributed by atoms with Crippen molar-refractivity contribution >= 4 is 39.7 Å². The number of ether oxygens (including phenoxy) is 5. The molecule has 3 aromatic rings. The second-order valence-electron chi connectivity index (χ2n) is 8.76. The molecule has 0 saturated carbocycles. The zero-order valence-electron chi connectivity index (χ0n) is 23.0. The fraction of sp³-hybridized carbons (Fsp3) is 0.276. The summed E-state index contributed by atoms with van der Waals surface area (Å²) in [7, 11) is 5.72. The molecule has 1 aliphatic heterocycles. The van der Waals surface area contributed by atoms with Crippen LogP contribution in [0.2, 0.25) is 0 Å². The smallest absolute Gasteiger partial charge is 0.337 e. The first-order valence-corrected chi connectivity index (χ1v) is 13.1. The van der Waals surface area contributed by atoms with Crippen molar-refractivity contribution in [3.8, 4) is 17.2 Å². The molecule has 11 heteroatoms. The van der Waals surface area contributed by atoms with E-state index in [1.165, 1.54) is 39.8 Å². The van der Waals surface area contributed by atoms with Gasteiger partial charge in [0.05, 0.1) is 56.9 Å². The van der Waals surface area contributed by atoms with Crippen LogP contribution in [-0.4, -0.2) is 52.8 Å². The van der Waals surface area contributed by atoms with Crippen LogP contribution < -0.4 is 25.3 Å². The van der Waals surface area contributed by atoms with Crippen molar-refractivity contribution < 1.29 is 38.1 Å². The molecule has 40 heavy (non-hydrogen) atoms. The molecule has 10 nitrogen and oxygen atoms in total. The Kier molecular flexibility index (Phi) is 8.34. The summed E-state index contributed by atoms with van der Waals surface area (Å²) in [6.45, 7) is 3.67. The van der Waals surface area contributed by atoms with Crippen molar-refractivity contribution in [2.45, 2.75) is 19.8 Å². The number of nitrogens with one attached hydrogen (secondary N) is 1. The number of carbonyl (C=O) groups is 3. The largest absolute Gasteiger partial charge is 0.493 e. The molecule has 0 aliphatic carbocycles. The Morgan fingerprint density at radius 2 is 1.55 bits per heavy atom. The number of ketones is 1. The van der Waals surface area contributed by atoms with Crippen molar-refractivity contribution in [2.24, 2.45) is 0 Å². The van der Waals surface area contributed by atoms with E-state index in [4.69, 9.17) is 29.4 Å². The highest BCUT2D eigenvalue weighted by molar-refractivity contribution is 7.19. The van der Waals surface area contributed by atoms with Crippen LogP contribution in [0, 0.1) is 0 Å². The molecule has 0 bridgehead atoms. The van der Waals surface area contributed by atoms with E-state index in [1.54, 1.807) is 50.2 Å². The molecule has 4 rings (SSSR count). The maximum absolute atomic E-state index is 13.8. The normalized spacial score (nSPS) is 14.1. The summed E-state index contributed by atoms with van der Waals surface area (Å²) in [5.74, 6) is -0.988. The van der Waals surface area contributed by atoms with E-state index < -0.39 is 17.9 Å². The summed E-state index contributed by atoms with van der Waals surface area (Å²) in [4.78, 5) is 39.3. The number of rotatable bonds is 9. The number of carbonyl (C=O) groups excluding carboxylic acids is 3. The van der Waals surface area contributed by atoms with Gasteiger partial charge in [0.2, 0.25) is 11.5 Å². The van der Waals surface area contributed by atoms with Gasteiger partial charge in [0, 0.05) is 22.7 Å². The van der Waals surface area contributed by atoms with Crippen molar-refractivity contribution in [3.63, 3.8) is 0 Å². The van der Waals surface area contributed by atoms with Crippen LogP contribution in [0.15, 0.2) is 47.7 Å². The molecule has 0 amide bonds. The van der Waals surface area contributed by atoms with Gasteiger partial charge in [0.1, 0.15) is 4.88 Å². The molecule has 1 aliphatic rings. The molecule has 2 heterocycles. The molecule has 210 valence electrons. The third-order valence-corrected chi connectivity index (χ3v) is 7.70. The number of nitrogen functional groups attached to an aromatic ring is 1. The number of esters is 2. The summed E-state index contributed by atoms with van der Waals surface area (Å²) in [5.41, 5.74) is 9.74. The first-order valence-electron chi connectivity index (χ1n) is 12.3. The van der Waals surface area contributed by atoms with Crippen LogP contribution in [0.3, 0.4) is 0 Å². The minimum absolute atomic E-state index is 0.181. The quantitative estimate of drug-likeness (QED) is 0.275. The van der Waals surface area contributed by atoms with Crippen LogP contribution in [0.4, 0.5) is 10.7 Å². The molecule has 0 fully saturated rings. The SMILES string of the molecule is CCOC(=O)C1=C(C)Nc2sc(C(=O)c3cc(OC)c(OC)c(OC)c3)c(N)c2C1c1ccc(C(=O)OC)cc1. The van der Waals surface area contributed by atoms with E-state index in [-0.39, 0.29) is 28.5 Å².